The fourth-order valence-corrected chi connectivity index (χ4v) is 0.201. The molecule has 0 fully saturated rings. The summed E-state index contributed by atoms with van der Waals surface area (Å²) >= 11 is 0. The van der Waals surface area contributed by atoms with Gasteiger partial charge in [0.15, 0.2) is 0 Å². The summed E-state index contributed by atoms with van der Waals surface area (Å²) in [6, 6.07) is 0. The first-order chi connectivity index (χ1) is 2.91. The minimum Gasteiger partial charge on any atom is -0.381 e. The van der Waals surface area contributed by atoms with E-state index in [1.54, 1.807) is 0 Å². The molecule has 0 aliphatic heterocycles. The predicted octanol–water partition coefficient (Wildman–Crippen LogP) is 1.06. The standard InChI is InChI=1S/C5H10O/c1-3-5-6-4-2/h3H,2,4-5H2,1H3. The first-order valence-corrected chi connectivity index (χ1v) is 2.06. The summed E-state index contributed by atoms with van der Waals surface area (Å²) in [5.41, 5.74) is 0. The lowest BCUT2D eigenvalue weighted by Crippen LogP contribution is -1.89. The molecule has 0 aliphatic rings. The van der Waals surface area contributed by atoms with Crippen LogP contribution in [0.1, 0.15) is 6.92 Å². The Balaban J connectivity index is 2.34. The van der Waals surface area contributed by atoms with Crippen molar-refractivity contribution in [3.63, 3.8) is 0 Å². The lowest BCUT2D eigenvalue weighted by Gasteiger charge is -1.91. The number of ether oxygens (including phenoxy) is 1. The summed E-state index contributed by atoms with van der Waals surface area (Å²) in [6.07, 6.45) is 1.95. The van der Waals surface area contributed by atoms with Gasteiger partial charge in [-0.05, 0) is 13.3 Å². The molecular formula is C5H10O. The maximum Gasteiger partial charge on any atom is 0.0495 e. The average Bonchev–Trinajstić information content (AvgIpc) is 1.61. The molecule has 1 nitrogen and oxygen atoms in total. The molecule has 0 atom stereocenters. The lowest BCUT2D eigenvalue weighted by molar-refractivity contribution is 0.183. The molecule has 0 rings (SSSR count). The maximum absolute atomic E-state index is 4.82. The summed E-state index contributed by atoms with van der Waals surface area (Å²) in [4.78, 5) is 0. The fourth-order valence-electron chi connectivity index (χ4n) is 0.201. The van der Waals surface area contributed by atoms with E-state index in [-0.39, 0.29) is 0 Å². The van der Waals surface area contributed by atoms with Gasteiger partial charge in [0.05, 0.1) is 0 Å². The van der Waals surface area contributed by atoms with Gasteiger partial charge in [-0.1, -0.05) is 6.92 Å². The molecule has 0 spiro atoms. The van der Waals surface area contributed by atoms with Crippen molar-refractivity contribution in [1.29, 1.82) is 0 Å². The first kappa shape index (κ1) is 5.96. The van der Waals surface area contributed by atoms with Crippen molar-refractivity contribution in [3.8, 4) is 0 Å². The largest absolute Gasteiger partial charge is 0.381 e. The van der Waals surface area contributed by atoms with Crippen LogP contribution in [0.5, 0.6) is 0 Å². The molecule has 36 valence electrons. The third-order valence-electron chi connectivity index (χ3n) is 0.429. The van der Waals surface area contributed by atoms with Crippen molar-refractivity contribution >= 4 is 0 Å². The zero-order chi connectivity index (χ0) is 4.83. The van der Waals surface area contributed by atoms with Crippen molar-refractivity contribution in [1.82, 2.24) is 0 Å². The van der Waals surface area contributed by atoms with Crippen LogP contribution in [0.15, 0.2) is 0 Å². The molecule has 0 aliphatic carbocycles. The predicted molar refractivity (Wildman–Crippen MR) is 26.1 cm³/mol. The lowest BCUT2D eigenvalue weighted by atomic mass is 10.5. The van der Waals surface area contributed by atoms with E-state index in [2.05, 4.69) is 6.92 Å². The Morgan fingerprint density at radius 3 is 2.67 bits per heavy atom. The Hall–Kier alpha value is -0.0400. The summed E-state index contributed by atoms with van der Waals surface area (Å²) in [6.45, 7) is 6.73. The molecule has 1 heteroatoms. The smallest absolute Gasteiger partial charge is 0.0495 e. The third-order valence-corrected chi connectivity index (χ3v) is 0.429. The van der Waals surface area contributed by atoms with Crippen molar-refractivity contribution in [3.05, 3.63) is 13.3 Å². The van der Waals surface area contributed by atoms with Gasteiger partial charge in [0.25, 0.3) is 0 Å². The summed E-state index contributed by atoms with van der Waals surface area (Å²) < 4.78 is 4.82. The molecule has 0 unspecified atom stereocenters. The Kier molecular flexibility index (Phi) is 4.93. The van der Waals surface area contributed by atoms with E-state index in [4.69, 9.17) is 4.74 Å². The van der Waals surface area contributed by atoms with Crippen LogP contribution in [0.4, 0.5) is 0 Å². The van der Waals surface area contributed by atoms with Gasteiger partial charge in [-0.25, -0.2) is 0 Å². The van der Waals surface area contributed by atoms with Crippen LogP contribution in [-0.2, 0) is 4.74 Å². The van der Waals surface area contributed by atoms with Gasteiger partial charge in [-0.15, -0.1) is 0 Å². The zero-order valence-corrected chi connectivity index (χ0v) is 4.11. The van der Waals surface area contributed by atoms with E-state index in [9.17, 15) is 0 Å². The molecule has 0 heterocycles. The molecule has 0 bridgehead atoms. The van der Waals surface area contributed by atoms with E-state index in [1.807, 2.05) is 13.3 Å². The van der Waals surface area contributed by atoms with Gasteiger partial charge in [0, 0.05) is 13.2 Å². The van der Waals surface area contributed by atoms with Crippen LogP contribution in [0.25, 0.3) is 0 Å². The summed E-state index contributed by atoms with van der Waals surface area (Å²) in [5.74, 6) is 0. The van der Waals surface area contributed by atoms with Crippen LogP contribution < -0.4 is 0 Å². The van der Waals surface area contributed by atoms with E-state index < -0.39 is 0 Å². The minimum absolute atomic E-state index is 0.574. The van der Waals surface area contributed by atoms with Crippen LogP contribution in [0.2, 0.25) is 0 Å². The van der Waals surface area contributed by atoms with Gasteiger partial charge in [0.2, 0.25) is 0 Å². The first-order valence-electron chi connectivity index (χ1n) is 2.06. The Bertz CT molecular complexity index is 15.9. The third kappa shape index (κ3) is 3.96. The second-order valence-electron chi connectivity index (χ2n) is 0.983. The molecular weight excluding hydrogens is 76.1 g/mol. The number of hydrogen-bond donors (Lipinski definition) is 0. The molecule has 0 aromatic rings. The quantitative estimate of drug-likeness (QED) is 0.467. The van der Waals surface area contributed by atoms with E-state index in [0.29, 0.717) is 6.61 Å². The molecule has 0 aromatic carbocycles. The number of rotatable bonds is 3. The van der Waals surface area contributed by atoms with Crippen molar-refractivity contribution < 1.29 is 4.74 Å². The second-order valence-corrected chi connectivity index (χ2v) is 0.983. The zero-order valence-electron chi connectivity index (χ0n) is 4.11. The van der Waals surface area contributed by atoms with E-state index >= 15 is 0 Å². The summed E-state index contributed by atoms with van der Waals surface area (Å²) in [7, 11) is 0. The number of hydrogen-bond acceptors (Lipinski definition) is 1. The Morgan fingerprint density at radius 1 is 1.83 bits per heavy atom. The molecule has 6 heavy (non-hydrogen) atoms. The highest BCUT2D eigenvalue weighted by Gasteiger charge is 1.73. The van der Waals surface area contributed by atoms with Crippen LogP contribution >= 0.6 is 0 Å². The van der Waals surface area contributed by atoms with Crippen molar-refractivity contribution in [2.24, 2.45) is 0 Å². The van der Waals surface area contributed by atoms with E-state index in [0.717, 1.165) is 6.61 Å². The van der Waals surface area contributed by atoms with Crippen LogP contribution in [-0.4, -0.2) is 13.2 Å². The van der Waals surface area contributed by atoms with Gasteiger partial charge >= 0.3 is 0 Å². The molecule has 0 N–H and O–H groups in total. The molecule has 0 saturated carbocycles. The highest BCUT2D eigenvalue weighted by molar-refractivity contribution is 4.50. The molecule has 2 radical (unpaired) electrons. The summed E-state index contributed by atoms with van der Waals surface area (Å²) in [5, 5.41) is 0. The normalized spacial score (nSPS) is 9.00. The van der Waals surface area contributed by atoms with Crippen LogP contribution in [0.3, 0.4) is 0 Å². The van der Waals surface area contributed by atoms with E-state index in [1.165, 1.54) is 0 Å². The molecule has 0 amide bonds. The van der Waals surface area contributed by atoms with Crippen LogP contribution in [0, 0.1) is 13.3 Å². The fraction of sp³-hybridized carbons (Fsp3) is 0.600. The van der Waals surface area contributed by atoms with Crippen molar-refractivity contribution in [2.75, 3.05) is 13.2 Å². The molecule has 0 saturated heterocycles. The average molecular weight is 86.1 g/mol. The molecule has 0 aromatic heterocycles. The van der Waals surface area contributed by atoms with Gasteiger partial charge in [0.1, 0.15) is 0 Å². The highest BCUT2D eigenvalue weighted by Crippen LogP contribution is 1.73. The Morgan fingerprint density at radius 2 is 2.50 bits per heavy atom. The Labute approximate surface area is 39.3 Å². The second kappa shape index (κ2) is 4.96. The monoisotopic (exact) mass is 86.1 g/mol. The van der Waals surface area contributed by atoms with Gasteiger partial charge in [-0.3, -0.25) is 0 Å². The topological polar surface area (TPSA) is 9.23 Å². The van der Waals surface area contributed by atoms with Gasteiger partial charge < -0.3 is 4.74 Å². The van der Waals surface area contributed by atoms with Gasteiger partial charge in [-0.2, -0.15) is 0 Å². The SMILES string of the molecule is [CH2]COC[CH]C. The van der Waals surface area contributed by atoms with Crippen molar-refractivity contribution in [2.45, 2.75) is 6.92 Å². The maximum atomic E-state index is 4.82. The highest BCUT2D eigenvalue weighted by atomic mass is 16.5. The minimum atomic E-state index is 0.574.